The lowest BCUT2D eigenvalue weighted by Crippen LogP contribution is -1.99. The van der Waals surface area contributed by atoms with Crippen LogP contribution >= 0.6 is 0 Å². The quantitative estimate of drug-likeness (QED) is 0.177. The van der Waals surface area contributed by atoms with Crippen LogP contribution < -0.4 is 0 Å². The summed E-state index contributed by atoms with van der Waals surface area (Å²) in [4.78, 5) is 10.8. The highest BCUT2D eigenvalue weighted by Gasteiger charge is 2.25. The van der Waals surface area contributed by atoms with E-state index >= 15 is 0 Å². The van der Waals surface area contributed by atoms with E-state index in [9.17, 15) is 0 Å². The van der Waals surface area contributed by atoms with Crippen molar-refractivity contribution in [2.24, 2.45) is 0 Å². The summed E-state index contributed by atoms with van der Waals surface area (Å²) in [5.41, 5.74) is 16.1. The third-order valence-electron chi connectivity index (χ3n) is 14.2. The Labute approximate surface area is 378 Å². The van der Waals surface area contributed by atoms with Gasteiger partial charge in [0.1, 0.15) is 0 Å². The van der Waals surface area contributed by atoms with Crippen molar-refractivity contribution in [3.63, 3.8) is 0 Å². The molecule has 0 amide bonds. The van der Waals surface area contributed by atoms with Crippen LogP contribution in [-0.2, 0) is 0 Å². The molecular weight excluding hydrogens is 801 g/mol. The Morgan fingerprint density at radius 1 is 0.288 bits per heavy atom. The number of fused-ring (bicyclic) bond motifs is 12. The van der Waals surface area contributed by atoms with E-state index in [4.69, 9.17) is 9.97 Å². The number of hydrogen-bond acceptors (Lipinski definition) is 2. The fourth-order valence-electron chi connectivity index (χ4n) is 11.4. The highest BCUT2D eigenvalue weighted by atomic mass is 15.0. The van der Waals surface area contributed by atoms with Crippen molar-refractivity contribution in [2.75, 3.05) is 0 Å². The Balaban J connectivity index is 0.924. The number of aromatic nitrogens is 4. The molecule has 66 heavy (non-hydrogen) atoms. The highest BCUT2D eigenvalue weighted by molar-refractivity contribution is 6.19. The van der Waals surface area contributed by atoms with Crippen LogP contribution in [0.5, 0.6) is 0 Å². The molecule has 4 nitrogen and oxygen atoms in total. The molecule has 11 aromatic carbocycles. The molecule has 0 radical (unpaired) electrons. The molecule has 3 aromatic heterocycles. The molecule has 14 aromatic rings. The average Bonchev–Trinajstić information content (AvgIpc) is 4.01. The zero-order valence-corrected chi connectivity index (χ0v) is 35.6. The van der Waals surface area contributed by atoms with Crippen LogP contribution in [0.25, 0.3) is 143 Å². The summed E-state index contributed by atoms with van der Waals surface area (Å²) in [6.45, 7) is 0. The molecule has 0 fully saturated rings. The maximum atomic E-state index is 5.54. The van der Waals surface area contributed by atoms with Crippen molar-refractivity contribution < 1.29 is 0 Å². The summed E-state index contributed by atoms with van der Waals surface area (Å²) < 4.78 is 4.87. The first-order valence-electron chi connectivity index (χ1n) is 22.7. The lowest BCUT2D eigenvalue weighted by molar-refractivity contribution is 1.18. The van der Waals surface area contributed by atoms with Gasteiger partial charge in [-0.05, 0) is 110 Å². The summed E-state index contributed by atoms with van der Waals surface area (Å²) in [5, 5.41) is 13.2. The molecule has 0 unspecified atom stereocenters. The summed E-state index contributed by atoms with van der Waals surface area (Å²) in [6.07, 6.45) is 0. The van der Waals surface area contributed by atoms with E-state index < -0.39 is 0 Å². The van der Waals surface area contributed by atoms with E-state index in [1.807, 2.05) is 0 Å². The highest BCUT2D eigenvalue weighted by Crippen LogP contribution is 2.49. The lowest BCUT2D eigenvalue weighted by Gasteiger charge is -2.17. The largest absolute Gasteiger partial charge is 0.309 e. The number of nitrogens with zero attached hydrogens (tertiary/aromatic N) is 4. The summed E-state index contributed by atoms with van der Waals surface area (Å²) in [7, 11) is 0. The molecule has 304 valence electrons. The van der Waals surface area contributed by atoms with E-state index in [-0.39, 0.29) is 0 Å². The molecule has 0 aliphatic heterocycles. The molecule has 1 aliphatic carbocycles. The molecule has 0 saturated carbocycles. The van der Waals surface area contributed by atoms with Crippen molar-refractivity contribution >= 4 is 86.8 Å². The fourth-order valence-corrected chi connectivity index (χ4v) is 11.4. The second kappa shape index (κ2) is 13.3. The Kier molecular flexibility index (Phi) is 7.19. The van der Waals surface area contributed by atoms with E-state index in [1.54, 1.807) is 0 Å². The van der Waals surface area contributed by atoms with Crippen molar-refractivity contribution in [3.05, 3.63) is 218 Å². The van der Waals surface area contributed by atoms with Gasteiger partial charge in [0, 0.05) is 49.1 Å². The zero-order chi connectivity index (χ0) is 43.0. The maximum Gasteiger partial charge on any atom is 0.161 e. The summed E-state index contributed by atoms with van der Waals surface area (Å²) >= 11 is 0. The zero-order valence-electron chi connectivity index (χ0n) is 35.6. The second-order valence-corrected chi connectivity index (χ2v) is 17.6. The van der Waals surface area contributed by atoms with Gasteiger partial charge in [-0.15, -0.1) is 0 Å². The molecule has 0 N–H and O–H groups in total. The van der Waals surface area contributed by atoms with Crippen LogP contribution in [0.3, 0.4) is 0 Å². The first-order chi connectivity index (χ1) is 32.7. The molecule has 3 heterocycles. The smallest absolute Gasteiger partial charge is 0.161 e. The molecule has 15 rings (SSSR count). The third-order valence-corrected chi connectivity index (χ3v) is 14.2. The van der Waals surface area contributed by atoms with Crippen LogP contribution in [0.15, 0.2) is 218 Å². The Morgan fingerprint density at radius 3 is 1.61 bits per heavy atom. The van der Waals surface area contributed by atoms with Gasteiger partial charge >= 0.3 is 0 Å². The summed E-state index contributed by atoms with van der Waals surface area (Å²) in [6, 6.07) is 79.6. The molecule has 0 bridgehead atoms. The maximum absolute atomic E-state index is 5.54. The van der Waals surface area contributed by atoms with Gasteiger partial charge in [-0.1, -0.05) is 158 Å². The lowest BCUT2D eigenvalue weighted by atomic mass is 9.96. The standard InChI is InChI=1S/C62H36N4/c1-2-15-41-40(14-1)47-22-13-23-48-51(31-30-49(41)60(47)48)62-63-54-24-9-5-21-52(54)61(64-62)50-32-33-58(43-17-4-3-16-42(43)50)66-57-27-12-8-20-46(57)53-35-38-34-39(29-28-37(38)36-59(53)66)65-55-25-10-6-18-44(55)45-19-7-11-26-56(45)65/h1-36H. The van der Waals surface area contributed by atoms with Gasteiger partial charge in [0.15, 0.2) is 5.82 Å². The normalized spacial score (nSPS) is 12.2. The van der Waals surface area contributed by atoms with Gasteiger partial charge in [0.05, 0.1) is 39.0 Å². The van der Waals surface area contributed by atoms with Crippen LogP contribution in [0.4, 0.5) is 0 Å². The van der Waals surface area contributed by atoms with Crippen LogP contribution in [0.1, 0.15) is 0 Å². The monoisotopic (exact) mass is 836 g/mol. The number of benzene rings is 11. The molecular formula is C62H36N4. The first-order valence-corrected chi connectivity index (χ1v) is 22.7. The molecule has 0 saturated heterocycles. The van der Waals surface area contributed by atoms with Crippen LogP contribution in [-0.4, -0.2) is 19.1 Å². The van der Waals surface area contributed by atoms with Crippen LogP contribution in [0.2, 0.25) is 0 Å². The molecule has 0 atom stereocenters. The minimum Gasteiger partial charge on any atom is -0.309 e. The number of para-hydroxylation sites is 4. The van der Waals surface area contributed by atoms with Crippen molar-refractivity contribution in [3.8, 4) is 56.3 Å². The van der Waals surface area contributed by atoms with Crippen molar-refractivity contribution in [2.45, 2.75) is 0 Å². The van der Waals surface area contributed by atoms with E-state index in [1.165, 1.54) is 87.4 Å². The van der Waals surface area contributed by atoms with Gasteiger partial charge in [-0.2, -0.15) is 0 Å². The van der Waals surface area contributed by atoms with Gasteiger partial charge < -0.3 is 9.13 Å². The SMILES string of the molecule is c1ccc2c(c1)-c1cccc3c(-c4nc(-c5ccc(-n6c7ccccc7c7cc8cc(-n9c%10ccccc%10c%10ccccc%109)ccc8cc76)c6ccccc56)c5ccccc5n4)ccc-2c13. The number of hydrogen-bond donors (Lipinski definition) is 0. The van der Waals surface area contributed by atoms with Gasteiger partial charge in [-0.3, -0.25) is 0 Å². The fraction of sp³-hybridized carbons (Fsp3) is 0. The van der Waals surface area contributed by atoms with Crippen molar-refractivity contribution in [1.29, 1.82) is 0 Å². The van der Waals surface area contributed by atoms with Gasteiger partial charge in [-0.25, -0.2) is 9.97 Å². The Bertz CT molecular complexity index is 4330. The molecule has 1 aliphatic rings. The summed E-state index contributed by atoms with van der Waals surface area (Å²) in [5.74, 6) is 0.729. The van der Waals surface area contributed by atoms with Gasteiger partial charge in [0.25, 0.3) is 0 Å². The molecule has 4 heteroatoms. The predicted molar refractivity (Wildman–Crippen MR) is 276 cm³/mol. The Morgan fingerprint density at radius 2 is 0.848 bits per heavy atom. The minimum atomic E-state index is 0.729. The second-order valence-electron chi connectivity index (χ2n) is 17.6. The average molecular weight is 837 g/mol. The molecule has 0 spiro atoms. The van der Waals surface area contributed by atoms with Gasteiger partial charge in [0.2, 0.25) is 0 Å². The minimum absolute atomic E-state index is 0.729. The van der Waals surface area contributed by atoms with E-state index in [0.29, 0.717) is 0 Å². The Hall–Kier alpha value is -8.86. The topological polar surface area (TPSA) is 35.6 Å². The third kappa shape index (κ3) is 4.87. The predicted octanol–water partition coefficient (Wildman–Crippen LogP) is 16.3. The van der Waals surface area contributed by atoms with Crippen LogP contribution in [0, 0.1) is 0 Å². The van der Waals surface area contributed by atoms with Crippen molar-refractivity contribution in [1.82, 2.24) is 19.1 Å². The first kappa shape index (κ1) is 35.6. The van der Waals surface area contributed by atoms with E-state index in [2.05, 4.69) is 228 Å². The van der Waals surface area contributed by atoms with E-state index in [0.717, 1.165) is 55.7 Å². The number of rotatable bonds is 4.